The molecule has 0 radical (unpaired) electrons. The lowest BCUT2D eigenvalue weighted by atomic mass is 10.2. The number of aromatic amines is 1. The average Bonchev–Trinajstić information content (AvgIpc) is 2.93. The topological polar surface area (TPSA) is 82.6 Å². The number of carboxylic acids is 1. The van der Waals surface area contributed by atoms with Gasteiger partial charge in [0.05, 0.1) is 11.1 Å². The highest BCUT2D eigenvalue weighted by atomic mass is 35.5. The van der Waals surface area contributed by atoms with Crippen molar-refractivity contribution >= 4 is 23.5 Å². The second-order valence-corrected chi connectivity index (χ2v) is 4.57. The van der Waals surface area contributed by atoms with Crippen molar-refractivity contribution in [2.24, 2.45) is 0 Å². The predicted molar refractivity (Wildman–Crippen MR) is 63.7 cm³/mol. The van der Waals surface area contributed by atoms with E-state index in [4.69, 9.17) is 21.4 Å². The standard InChI is InChI=1S/C11H13ClN2O4/c1-18-7-3-9(11(16)17)14(5-7)10(15)8-2-6(12)4-13-8/h2,4,7,9,13H,3,5H2,1H3,(H,16,17). The lowest BCUT2D eigenvalue weighted by Gasteiger charge is -2.20. The van der Waals surface area contributed by atoms with Crippen LogP contribution in [0.1, 0.15) is 16.9 Å². The molecule has 1 fully saturated rings. The number of likely N-dealkylation sites (tertiary alicyclic amines) is 1. The molecule has 98 valence electrons. The summed E-state index contributed by atoms with van der Waals surface area (Å²) in [5.41, 5.74) is 0.281. The van der Waals surface area contributed by atoms with Crippen LogP contribution in [-0.2, 0) is 9.53 Å². The first kappa shape index (κ1) is 12.9. The lowest BCUT2D eigenvalue weighted by Crippen LogP contribution is -2.40. The van der Waals surface area contributed by atoms with Crippen LogP contribution in [0.3, 0.4) is 0 Å². The Balaban J connectivity index is 2.20. The third-order valence-electron chi connectivity index (χ3n) is 3.02. The molecule has 6 nitrogen and oxygen atoms in total. The summed E-state index contributed by atoms with van der Waals surface area (Å²) in [4.78, 5) is 27.3. The molecule has 1 aromatic heterocycles. The normalized spacial score (nSPS) is 23.3. The molecule has 1 saturated heterocycles. The maximum Gasteiger partial charge on any atom is 0.326 e. The van der Waals surface area contributed by atoms with E-state index in [-0.39, 0.29) is 24.2 Å². The van der Waals surface area contributed by atoms with Crippen molar-refractivity contribution in [1.82, 2.24) is 9.88 Å². The minimum absolute atomic E-state index is 0.250. The Labute approximate surface area is 108 Å². The second-order valence-electron chi connectivity index (χ2n) is 4.14. The number of hydrogen-bond acceptors (Lipinski definition) is 3. The highest BCUT2D eigenvalue weighted by Crippen LogP contribution is 2.23. The molecule has 0 aliphatic carbocycles. The fourth-order valence-electron chi connectivity index (χ4n) is 2.07. The van der Waals surface area contributed by atoms with E-state index in [0.717, 1.165) is 0 Å². The van der Waals surface area contributed by atoms with Gasteiger partial charge in [-0.15, -0.1) is 0 Å². The number of ether oxygens (including phenoxy) is 1. The number of H-pyrrole nitrogens is 1. The van der Waals surface area contributed by atoms with Crippen LogP contribution < -0.4 is 0 Å². The van der Waals surface area contributed by atoms with Gasteiger partial charge in [-0.05, 0) is 6.07 Å². The van der Waals surface area contributed by atoms with Crippen molar-refractivity contribution in [3.63, 3.8) is 0 Å². The van der Waals surface area contributed by atoms with Crippen LogP contribution in [-0.4, -0.2) is 52.7 Å². The number of nitrogens with one attached hydrogen (secondary N) is 1. The summed E-state index contributed by atoms with van der Waals surface area (Å²) >= 11 is 5.72. The molecule has 7 heteroatoms. The van der Waals surface area contributed by atoms with E-state index >= 15 is 0 Å². The van der Waals surface area contributed by atoms with Gasteiger partial charge in [0.25, 0.3) is 5.91 Å². The highest BCUT2D eigenvalue weighted by molar-refractivity contribution is 6.31. The molecule has 1 aliphatic heterocycles. The first-order chi connectivity index (χ1) is 8.52. The number of amides is 1. The number of carbonyl (C=O) groups is 2. The second kappa shape index (κ2) is 4.99. The summed E-state index contributed by atoms with van der Waals surface area (Å²) in [6.45, 7) is 0.267. The Morgan fingerprint density at radius 3 is 2.83 bits per heavy atom. The maximum absolute atomic E-state index is 12.2. The highest BCUT2D eigenvalue weighted by Gasteiger charge is 2.40. The van der Waals surface area contributed by atoms with E-state index < -0.39 is 12.0 Å². The number of rotatable bonds is 3. The molecular weight excluding hydrogens is 260 g/mol. The summed E-state index contributed by atoms with van der Waals surface area (Å²) in [6.07, 6.45) is 1.53. The van der Waals surface area contributed by atoms with Gasteiger partial charge in [-0.2, -0.15) is 0 Å². The Kier molecular flexibility index (Phi) is 3.58. The zero-order valence-electron chi connectivity index (χ0n) is 9.72. The molecule has 2 atom stereocenters. The van der Waals surface area contributed by atoms with E-state index in [0.29, 0.717) is 11.4 Å². The molecule has 2 heterocycles. The molecule has 0 aromatic carbocycles. The first-order valence-corrected chi connectivity index (χ1v) is 5.81. The molecule has 1 aliphatic rings. The Bertz CT molecular complexity index is 473. The number of carboxylic acid groups (broad SMARTS) is 1. The average molecular weight is 273 g/mol. The van der Waals surface area contributed by atoms with Crippen molar-refractivity contribution < 1.29 is 19.4 Å². The van der Waals surface area contributed by atoms with E-state index in [9.17, 15) is 9.59 Å². The predicted octanol–water partition coefficient (Wildman–Crippen LogP) is 0.982. The van der Waals surface area contributed by atoms with Gasteiger partial charge in [-0.3, -0.25) is 4.79 Å². The largest absolute Gasteiger partial charge is 0.480 e. The molecule has 2 N–H and O–H groups in total. The summed E-state index contributed by atoms with van der Waals surface area (Å²) in [5.74, 6) is -1.41. The number of aromatic nitrogens is 1. The van der Waals surface area contributed by atoms with E-state index in [1.807, 2.05) is 0 Å². The van der Waals surface area contributed by atoms with Gasteiger partial charge >= 0.3 is 5.97 Å². The number of methoxy groups -OCH3 is 1. The van der Waals surface area contributed by atoms with Crippen molar-refractivity contribution in [3.8, 4) is 0 Å². The molecule has 2 unspecified atom stereocenters. The molecule has 18 heavy (non-hydrogen) atoms. The zero-order chi connectivity index (χ0) is 13.3. The van der Waals surface area contributed by atoms with E-state index in [1.165, 1.54) is 24.3 Å². The van der Waals surface area contributed by atoms with Gasteiger partial charge in [0.15, 0.2) is 0 Å². The number of nitrogens with zero attached hydrogens (tertiary/aromatic N) is 1. The molecule has 2 rings (SSSR count). The van der Waals surface area contributed by atoms with Crippen LogP contribution in [0.15, 0.2) is 12.3 Å². The smallest absolute Gasteiger partial charge is 0.326 e. The van der Waals surface area contributed by atoms with Gasteiger partial charge in [-0.1, -0.05) is 11.6 Å². The minimum atomic E-state index is -1.03. The fourth-order valence-corrected chi connectivity index (χ4v) is 2.24. The van der Waals surface area contributed by atoms with Crippen molar-refractivity contribution in [2.75, 3.05) is 13.7 Å². The monoisotopic (exact) mass is 272 g/mol. The number of halogens is 1. The number of hydrogen-bond donors (Lipinski definition) is 2. The molecular formula is C11H13ClN2O4. The van der Waals surface area contributed by atoms with Gasteiger partial charge in [0.1, 0.15) is 11.7 Å². The summed E-state index contributed by atoms with van der Waals surface area (Å²) in [5, 5.41) is 9.52. The van der Waals surface area contributed by atoms with Gasteiger partial charge in [0, 0.05) is 26.3 Å². The SMILES string of the molecule is COC1CC(C(=O)O)N(C(=O)c2cc(Cl)c[nH]2)C1. The Morgan fingerprint density at radius 2 is 2.33 bits per heavy atom. The van der Waals surface area contributed by atoms with Crippen LogP contribution in [0.2, 0.25) is 5.02 Å². The third kappa shape index (κ3) is 2.34. The number of aliphatic carboxylic acids is 1. The minimum Gasteiger partial charge on any atom is -0.480 e. The molecule has 0 bridgehead atoms. The van der Waals surface area contributed by atoms with Crippen LogP contribution in [0.4, 0.5) is 0 Å². The van der Waals surface area contributed by atoms with Crippen LogP contribution >= 0.6 is 11.6 Å². The molecule has 1 amide bonds. The summed E-state index contributed by atoms with van der Waals surface area (Å²) < 4.78 is 5.12. The molecule has 1 aromatic rings. The summed E-state index contributed by atoms with van der Waals surface area (Å²) in [7, 11) is 1.50. The van der Waals surface area contributed by atoms with Crippen molar-refractivity contribution in [1.29, 1.82) is 0 Å². The maximum atomic E-state index is 12.2. The van der Waals surface area contributed by atoms with E-state index in [2.05, 4.69) is 4.98 Å². The van der Waals surface area contributed by atoms with Crippen LogP contribution in [0.5, 0.6) is 0 Å². The van der Waals surface area contributed by atoms with Crippen LogP contribution in [0.25, 0.3) is 0 Å². The fraction of sp³-hybridized carbons (Fsp3) is 0.455. The first-order valence-electron chi connectivity index (χ1n) is 5.43. The number of carbonyl (C=O) groups excluding carboxylic acids is 1. The molecule has 0 saturated carbocycles. The Morgan fingerprint density at radius 1 is 1.61 bits per heavy atom. The van der Waals surface area contributed by atoms with Gasteiger partial charge in [0.2, 0.25) is 0 Å². The summed E-state index contributed by atoms with van der Waals surface area (Å²) in [6, 6.07) is 0.618. The van der Waals surface area contributed by atoms with Crippen molar-refractivity contribution in [2.45, 2.75) is 18.6 Å². The third-order valence-corrected chi connectivity index (χ3v) is 3.24. The quantitative estimate of drug-likeness (QED) is 0.859. The van der Waals surface area contributed by atoms with Crippen LogP contribution in [0, 0.1) is 0 Å². The molecule has 0 spiro atoms. The lowest BCUT2D eigenvalue weighted by molar-refractivity contribution is -0.141. The Hall–Kier alpha value is -1.53. The van der Waals surface area contributed by atoms with Crippen molar-refractivity contribution in [3.05, 3.63) is 23.0 Å². The van der Waals surface area contributed by atoms with Gasteiger partial charge in [-0.25, -0.2) is 4.79 Å². The zero-order valence-corrected chi connectivity index (χ0v) is 10.5. The van der Waals surface area contributed by atoms with E-state index in [1.54, 1.807) is 0 Å². The van der Waals surface area contributed by atoms with Gasteiger partial charge < -0.3 is 19.7 Å².